The van der Waals surface area contributed by atoms with Crippen molar-refractivity contribution >= 4 is 0 Å². The first-order valence-corrected chi connectivity index (χ1v) is 14.3. The molecule has 1 heteroatoms. The van der Waals surface area contributed by atoms with Crippen molar-refractivity contribution < 1.29 is 0 Å². The molecule has 0 aliphatic carbocycles. The molecule has 0 heterocycles. The van der Waals surface area contributed by atoms with Gasteiger partial charge in [0.25, 0.3) is 0 Å². The van der Waals surface area contributed by atoms with Gasteiger partial charge in [-0.05, 0) is 52.1 Å². The molecule has 31 heavy (non-hydrogen) atoms. The van der Waals surface area contributed by atoms with Crippen LogP contribution in [0.2, 0.25) is 0 Å². The Morgan fingerprint density at radius 2 is 1.00 bits per heavy atom. The molecule has 0 amide bonds. The molecule has 0 rings (SSSR count). The number of rotatable bonds is 24. The van der Waals surface area contributed by atoms with E-state index in [1.54, 1.807) is 0 Å². The fraction of sp³-hybridized carbons (Fsp3) is 0.867. The van der Waals surface area contributed by atoms with Gasteiger partial charge >= 0.3 is 0 Å². The molecule has 0 spiro atoms. The van der Waals surface area contributed by atoms with Gasteiger partial charge < -0.3 is 4.90 Å². The van der Waals surface area contributed by atoms with Crippen LogP contribution in [0.3, 0.4) is 0 Å². The van der Waals surface area contributed by atoms with Crippen molar-refractivity contribution in [2.75, 3.05) is 13.6 Å². The third kappa shape index (κ3) is 22.4. The summed E-state index contributed by atoms with van der Waals surface area (Å²) in [5, 5.41) is 0. The van der Waals surface area contributed by atoms with Gasteiger partial charge in [-0.2, -0.15) is 0 Å². The zero-order valence-corrected chi connectivity index (χ0v) is 22.2. The number of nitrogens with zero attached hydrogens (tertiary/aromatic N) is 1. The van der Waals surface area contributed by atoms with Crippen molar-refractivity contribution in [3.8, 4) is 0 Å². The van der Waals surface area contributed by atoms with Gasteiger partial charge in [0.15, 0.2) is 0 Å². The summed E-state index contributed by atoms with van der Waals surface area (Å²) in [6, 6.07) is 0.823. The first kappa shape index (κ1) is 30.4. The molecular weight excluding hydrogens is 374 g/mol. The molecule has 1 unspecified atom stereocenters. The molecule has 1 nitrogen and oxygen atoms in total. The summed E-state index contributed by atoms with van der Waals surface area (Å²) >= 11 is 0. The second-order valence-corrected chi connectivity index (χ2v) is 9.66. The molecule has 0 aliphatic heterocycles. The van der Waals surface area contributed by atoms with Crippen LogP contribution in [0.25, 0.3) is 0 Å². The van der Waals surface area contributed by atoms with E-state index in [9.17, 15) is 0 Å². The number of allylic oxidation sites excluding steroid dienone is 4. The summed E-state index contributed by atoms with van der Waals surface area (Å²) in [6.07, 6.45) is 37.0. The highest BCUT2D eigenvalue weighted by molar-refractivity contribution is 4.92. The van der Waals surface area contributed by atoms with Crippen LogP contribution in [-0.4, -0.2) is 24.5 Å². The molecular formula is C30H59N. The maximum absolute atomic E-state index is 2.60. The Hall–Kier alpha value is -0.560. The van der Waals surface area contributed by atoms with E-state index in [2.05, 4.69) is 57.0 Å². The summed E-state index contributed by atoms with van der Waals surface area (Å²) in [7, 11) is 2.34. The van der Waals surface area contributed by atoms with Crippen LogP contribution >= 0.6 is 0 Å². The van der Waals surface area contributed by atoms with Gasteiger partial charge in [0.1, 0.15) is 0 Å². The van der Waals surface area contributed by atoms with Crippen LogP contribution < -0.4 is 0 Å². The summed E-state index contributed by atoms with van der Waals surface area (Å²) in [5.41, 5.74) is 0. The van der Waals surface area contributed by atoms with Crippen LogP contribution in [0.5, 0.6) is 0 Å². The van der Waals surface area contributed by atoms with E-state index in [0.717, 1.165) is 12.5 Å². The molecule has 0 fully saturated rings. The van der Waals surface area contributed by atoms with Gasteiger partial charge in [-0.1, -0.05) is 135 Å². The van der Waals surface area contributed by atoms with Crippen LogP contribution in [0, 0.1) is 0 Å². The highest BCUT2D eigenvalue weighted by Gasteiger charge is 2.12. The van der Waals surface area contributed by atoms with E-state index in [0.29, 0.717) is 0 Å². The van der Waals surface area contributed by atoms with Crippen molar-refractivity contribution in [1.29, 1.82) is 0 Å². The van der Waals surface area contributed by atoms with Crippen LogP contribution in [0.4, 0.5) is 0 Å². The maximum atomic E-state index is 2.60. The van der Waals surface area contributed by atoms with E-state index < -0.39 is 0 Å². The Bertz CT molecular complexity index is 384. The lowest BCUT2D eigenvalue weighted by Gasteiger charge is -2.27. The lowest BCUT2D eigenvalue weighted by Crippen LogP contribution is -2.31. The molecule has 0 aromatic carbocycles. The SMILES string of the molecule is CCC/C=C\C/C=C\CCCCCCCCCC(CCCCCCCCC)N(C)CC. The Labute approximate surface area is 198 Å². The summed E-state index contributed by atoms with van der Waals surface area (Å²) < 4.78 is 0. The molecule has 0 radical (unpaired) electrons. The zero-order chi connectivity index (χ0) is 22.8. The molecule has 0 aromatic heterocycles. The van der Waals surface area contributed by atoms with E-state index in [1.807, 2.05) is 0 Å². The standard InChI is InChI=1S/C30H59N/c1-5-8-10-12-14-15-16-17-18-19-20-21-23-25-27-29-30(31(4)7-3)28-26-24-22-13-11-9-6-2/h10,12,15-16,30H,5-9,11,13-14,17-29H2,1-4H3/b12-10-,16-15-. The van der Waals surface area contributed by atoms with Crippen molar-refractivity contribution in [1.82, 2.24) is 4.90 Å². The smallest absolute Gasteiger partial charge is 0.00920 e. The van der Waals surface area contributed by atoms with Crippen LogP contribution in [0.1, 0.15) is 149 Å². The molecule has 0 saturated carbocycles. The van der Waals surface area contributed by atoms with Crippen molar-refractivity contribution in [3.05, 3.63) is 24.3 Å². The highest BCUT2D eigenvalue weighted by Crippen LogP contribution is 2.18. The quantitative estimate of drug-likeness (QED) is 0.108. The van der Waals surface area contributed by atoms with Crippen molar-refractivity contribution in [2.24, 2.45) is 0 Å². The predicted octanol–water partition coefficient (Wildman–Crippen LogP) is 10.3. The number of hydrogen-bond donors (Lipinski definition) is 0. The first-order valence-electron chi connectivity index (χ1n) is 14.3. The normalized spacial score (nSPS) is 13.2. The number of hydrogen-bond acceptors (Lipinski definition) is 1. The van der Waals surface area contributed by atoms with Crippen LogP contribution in [-0.2, 0) is 0 Å². The van der Waals surface area contributed by atoms with Gasteiger partial charge in [-0.15, -0.1) is 0 Å². The van der Waals surface area contributed by atoms with Gasteiger partial charge in [0.05, 0.1) is 0 Å². The second kappa shape index (κ2) is 25.7. The lowest BCUT2D eigenvalue weighted by atomic mass is 9.99. The van der Waals surface area contributed by atoms with Gasteiger partial charge in [0.2, 0.25) is 0 Å². The molecule has 0 bridgehead atoms. The Morgan fingerprint density at radius 3 is 1.52 bits per heavy atom. The molecule has 0 N–H and O–H groups in total. The van der Waals surface area contributed by atoms with Crippen molar-refractivity contribution in [3.63, 3.8) is 0 Å². The predicted molar refractivity (Wildman–Crippen MR) is 144 cm³/mol. The highest BCUT2D eigenvalue weighted by atomic mass is 15.1. The minimum Gasteiger partial charge on any atom is -0.304 e. The number of unbranched alkanes of at least 4 members (excludes halogenated alkanes) is 14. The van der Waals surface area contributed by atoms with E-state index in [-0.39, 0.29) is 0 Å². The second-order valence-electron chi connectivity index (χ2n) is 9.66. The monoisotopic (exact) mass is 433 g/mol. The Balaban J connectivity index is 3.58. The fourth-order valence-electron chi connectivity index (χ4n) is 4.38. The minimum absolute atomic E-state index is 0.823. The van der Waals surface area contributed by atoms with Crippen LogP contribution in [0.15, 0.2) is 24.3 Å². The van der Waals surface area contributed by atoms with Gasteiger partial charge in [-0.25, -0.2) is 0 Å². The average Bonchev–Trinajstić information content (AvgIpc) is 2.79. The van der Waals surface area contributed by atoms with E-state index in [1.165, 1.54) is 129 Å². The first-order chi connectivity index (χ1) is 15.3. The topological polar surface area (TPSA) is 3.24 Å². The largest absolute Gasteiger partial charge is 0.304 e. The summed E-state index contributed by atoms with van der Waals surface area (Å²) in [5.74, 6) is 0. The molecule has 184 valence electrons. The zero-order valence-electron chi connectivity index (χ0n) is 22.2. The Kier molecular flexibility index (Phi) is 25.2. The minimum atomic E-state index is 0.823. The van der Waals surface area contributed by atoms with Crippen molar-refractivity contribution in [2.45, 2.75) is 155 Å². The average molecular weight is 434 g/mol. The molecule has 0 saturated heterocycles. The summed E-state index contributed by atoms with van der Waals surface area (Å²) in [4.78, 5) is 2.60. The van der Waals surface area contributed by atoms with E-state index >= 15 is 0 Å². The summed E-state index contributed by atoms with van der Waals surface area (Å²) in [6.45, 7) is 8.06. The third-order valence-corrected chi connectivity index (χ3v) is 6.73. The van der Waals surface area contributed by atoms with Gasteiger partial charge in [-0.3, -0.25) is 0 Å². The maximum Gasteiger partial charge on any atom is 0.00920 e. The molecule has 1 atom stereocenters. The van der Waals surface area contributed by atoms with Gasteiger partial charge in [0, 0.05) is 6.04 Å². The fourth-order valence-corrected chi connectivity index (χ4v) is 4.38. The lowest BCUT2D eigenvalue weighted by molar-refractivity contribution is 0.219. The third-order valence-electron chi connectivity index (χ3n) is 6.73. The Morgan fingerprint density at radius 1 is 0.516 bits per heavy atom. The molecule has 0 aromatic rings. The van der Waals surface area contributed by atoms with E-state index in [4.69, 9.17) is 0 Å². The molecule has 0 aliphatic rings.